The number of hydrogen-bond donors (Lipinski definition) is 2. The minimum Gasteiger partial charge on any atom is -0.358 e. The lowest BCUT2D eigenvalue weighted by Gasteiger charge is -2.19. The molecule has 1 aliphatic rings. The molecular weight excluding hydrogens is 164 g/mol. The number of carbonyl (C=O) groups excluding carboxylic acids is 1. The van der Waals surface area contributed by atoms with Gasteiger partial charge in [0.2, 0.25) is 5.91 Å². The third-order valence-electron chi connectivity index (χ3n) is 2.97. The van der Waals surface area contributed by atoms with Crippen LogP contribution in [0.1, 0.15) is 32.6 Å². The molecule has 1 amide bonds. The van der Waals surface area contributed by atoms with Gasteiger partial charge in [0.15, 0.2) is 0 Å². The van der Waals surface area contributed by atoms with Crippen LogP contribution < -0.4 is 10.6 Å². The molecule has 1 atom stereocenters. The summed E-state index contributed by atoms with van der Waals surface area (Å²) in [6.45, 7) is 2.63. The number of likely N-dealkylation sites (N-methyl/N-ethyl adjacent to an activating group) is 1. The van der Waals surface area contributed by atoms with Crippen LogP contribution in [0.5, 0.6) is 0 Å². The summed E-state index contributed by atoms with van der Waals surface area (Å²) in [7, 11) is 1.67. The Labute approximate surface area is 80.3 Å². The molecular formula is C10H20N2O. The van der Waals surface area contributed by atoms with Crippen LogP contribution in [0.15, 0.2) is 0 Å². The summed E-state index contributed by atoms with van der Waals surface area (Å²) in [5.74, 6) is 0.856. The van der Waals surface area contributed by atoms with Gasteiger partial charge in [-0.3, -0.25) is 4.79 Å². The first-order valence-electron chi connectivity index (χ1n) is 5.18. The highest BCUT2D eigenvalue weighted by Gasteiger charge is 2.21. The SMILES string of the molecule is CNC(=O)CNC(C)C1CCCC1. The van der Waals surface area contributed by atoms with Gasteiger partial charge in [-0.25, -0.2) is 0 Å². The van der Waals surface area contributed by atoms with Crippen molar-refractivity contribution < 1.29 is 4.79 Å². The first-order valence-corrected chi connectivity index (χ1v) is 5.18. The summed E-state index contributed by atoms with van der Waals surface area (Å²) in [5, 5.41) is 5.87. The molecule has 76 valence electrons. The van der Waals surface area contributed by atoms with Crippen molar-refractivity contribution in [1.29, 1.82) is 0 Å². The van der Waals surface area contributed by atoms with Crippen LogP contribution in [0.4, 0.5) is 0 Å². The van der Waals surface area contributed by atoms with Crippen molar-refractivity contribution in [1.82, 2.24) is 10.6 Å². The maximum atomic E-state index is 11.0. The van der Waals surface area contributed by atoms with E-state index in [-0.39, 0.29) is 5.91 Å². The molecule has 1 fully saturated rings. The molecule has 0 radical (unpaired) electrons. The van der Waals surface area contributed by atoms with E-state index in [0.29, 0.717) is 12.6 Å². The summed E-state index contributed by atoms with van der Waals surface area (Å²) in [5.41, 5.74) is 0. The molecule has 1 rings (SSSR count). The van der Waals surface area contributed by atoms with Crippen molar-refractivity contribution in [2.75, 3.05) is 13.6 Å². The second kappa shape index (κ2) is 5.22. The van der Waals surface area contributed by atoms with Crippen molar-refractivity contribution >= 4 is 5.91 Å². The third kappa shape index (κ3) is 3.35. The average Bonchev–Trinajstić information content (AvgIpc) is 2.66. The first kappa shape index (κ1) is 10.5. The highest BCUT2D eigenvalue weighted by Crippen LogP contribution is 2.27. The fourth-order valence-corrected chi connectivity index (χ4v) is 1.97. The van der Waals surface area contributed by atoms with Crippen molar-refractivity contribution in [2.24, 2.45) is 5.92 Å². The Hall–Kier alpha value is -0.570. The van der Waals surface area contributed by atoms with Gasteiger partial charge in [-0.15, -0.1) is 0 Å². The Morgan fingerprint density at radius 2 is 2.08 bits per heavy atom. The van der Waals surface area contributed by atoms with Crippen molar-refractivity contribution in [2.45, 2.75) is 38.6 Å². The van der Waals surface area contributed by atoms with Gasteiger partial charge in [-0.1, -0.05) is 12.8 Å². The maximum Gasteiger partial charge on any atom is 0.233 e. The van der Waals surface area contributed by atoms with Gasteiger partial charge in [0.25, 0.3) is 0 Å². The second-order valence-corrected chi connectivity index (χ2v) is 3.89. The molecule has 1 aliphatic carbocycles. The van der Waals surface area contributed by atoms with Crippen LogP contribution in [-0.4, -0.2) is 25.5 Å². The Morgan fingerprint density at radius 3 is 2.62 bits per heavy atom. The van der Waals surface area contributed by atoms with Gasteiger partial charge in [-0.05, 0) is 25.7 Å². The number of carbonyl (C=O) groups is 1. The van der Waals surface area contributed by atoms with E-state index in [0.717, 1.165) is 5.92 Å². The Balaban J connectivity index is 2.16. The zero-order valence-corrected chi connectivity index (χ0v) is 8.60. The fourth-order valence-electron chi connectivity index (χ4n) is 1.97. The molecule has 0 bridgehead atoms. The van der Waals surface area contributed by atoms with Crippen LogP contribution in [-0.2, 0) is 4.79 Å². The monoisotopic (exact) mass is 184 g/mol. The zero-order valence-electron chi connectivity index (χ0n) is 8.60. The molecule has 0 aromatic heterocycles. The smallest absolute Gasteiger partial charge is 0.233 e. The fraction of sp³-hybridized carbons (Fsp3) is 0.900. The zero-order chi connectivity index (χ0) is 9.68. The summed E-state index contributed by atoms with van der Waals surface area (Å²) in [6, 6.07) is 0.486. The maximum absolute atomic E-state index is 11.0. The van der Waals surface area contributed by atoms with Crippen LogP contribution in [0.25, 0.3) is 0 Å². The second-order valence-electron chi connectivity index (χ2n) is 3.89. The van der Waals surface area contributed by atoms with E-state index in [2.05, 4.69) is 17.6 Å². The highest BCUT2D eigenvalue weighted by atomic mass is 16.1. The van der Waals surface area contributed by atoms with Crippen LogP contribution in [0.2, 0.25) is 0 Å². The lowest BCUT2D eigenvalue weighted by atomic mass is 10.00. The van der Waals surface area contributed by atoms with Crippen LogP contribution in [0.3, 0.4) is 0 Å². The molecule has 0 aliphatic heterocycles. The molecule has 3 nitrogen and oxygen atoms in total. The quantitative estimate of drug-likeness (QED) is 0.681. The van der Waals surface area contributed by atoms with E-state index in [4.69, 9.17) is 0 Å². The molecule has 1 saturated carbocycles. The van der Waals surface area contributed by atoms with Crippen molar-refractivity contribution in [3.8, 4) is 0 Å². The van der Waals surface area contributed by atoms with Gasteiger partial charge in [0.05, 0.1) is 6.54 Å². The van der Waals surface area contributed by atoms with Crippen LogP contribution in [0, 0.1) is 5.92 Å². The molecule has 3 heteroatoms. The number of hydrogen-bond acceptors (Lipinski definition) is 2. The first-order chi connectivity index (χ1) is 6.24. The Morgan fingerprint density at radius 1 is 1.46 bits per heavy atom. The molecule has 0 spiro atoms. The molecule has 0 heterocycles. The standard InChI is InChI=1S/C10H20N2O/c1-8(9-5-3-4-6-9)12-7-10(13)11-2/h8-9,12H,3-7H2,1-2H3,(H,11,13). The van der Waals surface area contributed by atoms with Gasteiger partial charge >= 0.3 is 0 Å². The molecule has 13 heavy (non-hydrogen) atoms. The summed E-state index contributed by atoms with van der Waals surface area (Å²) < 4.78 is 0. The summed E-state index contributed by atoms with van der Waals surface area (Å²) in [6.07, 6.45) is 5.36. The van der Waals surface area contributed by atoms with Crippen molar-refractivity contribution in [3.05, 3.63) is 0 Å². The third-order valence-corrected chi connectivity index (χ3v) is 2.97. The molecule has 0 aromatic carbocycles. The van der Waals surface area contributed by atoms with E-state index >= 15 is 0 Å². The predicted octanol–water partition coefficient (Wildman–Crippen LogP) is 0.901. The minimum absolute atomic E-state index is 0.0739. The number of rotatable bonds is 4. The van der Waals surface area contributed by atoms with Gasteiger partial charge in [-0.2, -0.15) is 0 Å². The molecule has 0 aromatic rings. The lowest BCUT2D eigenvalue weighted by molar-refractivity contribution is -0.119. The number of amides is 1. The summed E-state index contributed by atoms with van der Waals surface area (Å²) in [4.78, 5) is 11.0. The van der Waals surface area contributed by atoms with Gasteiger partial charge in [0.1, 0.15) is 0 Å². The van der Waals surface area contributed by atoms with E-state index < -0.39 is 0 Å². The highest BCUT2D eigenvalue weighted by molar-refractivity contribution is 5.77. The predicted molar refractivity (Wildman–Crippen MR) is 53.5 cm³/mol. The summed E-state index contributed by atoms with van der Waals surface area (Å²) >= 11 is 0. The Kier molecular flexibility index (Phi) is 4.22. The van der Waals surface area contributed by atoms with Crippen molar-refractivity contribution in [3.63, 3.8) is 0 Å². The molecule has 1 unspecified atom stereocenters. The topological polar surface area (TPSA) is 41.1 Å². The number of nitrogens with one attached hydrogen (secondary N) is 2. The normalized spacial score (nSPS) is 20.2. The minimum atomic E-state index is 0.0739. The van der Waals surface area contributed by atoms with Gasteiger partial charge < -0.3 is 10.6 Å². The molecule has 0 saturated heterocycles. The average molecular weight is 184 g/mol. The van der Waals surface area contributed by atoms with E-state index in [9.17, 15) is 4.79 Å². The van der Waals surface area contributed by atoms with E-state index in [1.807, 2.05) is 0 Å². The van der Waals surface area contributed by atoms with Crippen LogP contribution >= 0.6 is 0 Å². The molecule has 2 N–H and O–H groups in total. The van der Waals surface area contributed by atoms with E-state index in [1.165, 1.54) is 25.7 Å². The Bertz CT molecular complexity index is 164. The largest absolute Gasteiger partial charge is 0.358 e. The van der Waals surface area contributed by atoms with Gasteiger partial charge in [0, 0.05) is 13.1 Å². The lowest BCUT2D eigenvalue weighted by Crippen LogP contribution is -2.39. The van der Waals surface area contributed by atoms with E-state index in [1.54, 1.807) is 7.05 Å².